The lowest BCUT2D eigenvalue weighted by molar-refractivity contribution is 0.185. The number of methoxy groups -OCH3 is 1. The first-order valence-corrected chi connectivity index (χ1v) is 4.75. The molecule has 0 saturated heterocycles. The van der Waals surface area contributed by atoms with E-state index in [0.717, 1.165) is 15.1 Å². The lowest BCUT2D eigenvalue weighted by atomic mass is 10.1. The Bertz CT molecular complexity index is 286. The van der Waals surface area contributed by atoms with E-state index < -0.39 is 0 Å². The summed E-state index contributed by atoms with van der Waals surface area (Å²) in [6.45, 7) is 2.58. The molecule has 0 bridgehead atoms. The zero-order valence-corrected chi connectivity index (χ0v) is 9.37. The maximum absolute atomic E-state index is 6.02. The number of rotatable bonds is 2. The number of halogens is 2. The molecule has 3 heteroatoms. The Kier molecular flexibility index (Phi) is 3.56. The molecule has 0 amide bonds. The van der Waals surface area contributed by atoms with Crippen molar-refractivity contribution in [1.82, 2.24) is 0 Å². The second-order valence-corrected chi connectivity index (χ2v) is 3.89. The minimum absolute atomic E-state index is 0.555. The van der Waals surface area contributed by atoms with Crippen LogP contribution in [0.5, 0.6) is 0 Å². The minimum atomic E-state index is 0.555. The van der Waals surface area contributed by atoms with Crippen LogP contribution in [0.1, 0.15) is 11.1 Å². The van der Waals surface area contributed by atoms with Gasteiger partial charge in [-0.15, -0.1) is 0 Å². The SMILES string of the molecule is COCc1cc(C)cc(Br)c1Cl. The van der Waals surface area contributed by atoms with E-state index in [4.69, 9.17) is 16.3 Å². The zero-order valence-electron chi connectivity index (χ0n) is 7.03. The van der Waals surface area contributed by atoms with Crippen LogP contribution in [0.25, 0.3) is 0 Å². The van der Waals surface area contributed by atoms with Crippen molar-refractivity contribution in [3.05, 3.63) is 32.8 Å². The molecule has 66 valence electrons. The van der Waals surface area contributed by atoms with Gasteiger partial charge in [0.05, 0.1) is 11.6 Å². The summed E-state index contributed by atoms with van der Waals surface area (Å²) in [5.41, 5.74) is 2.20. The second-order valence-electron chi connectivity index (χ2n) is 2.65. The molecular weight excluding hydrogens is 239 g/mol. The van der Waals surface area contributed by atoms with Crippen LogP contribution in [0.15, 0.2) is 16.6 Å². The Hall–Kier alpha value is -0.0500. The van der Waals surface area contributed by atoms with Crippen LogP contribution in [-0.4, -0.2) is 7.11 Å². The van der Waals surface area contributed by atoms with Crippen molar-refractivity contribution in [1.29, 1.82) is 0 Å². The van der Waals surface area contributed by atoms with E-state index in [1.54, 1.807) is 7.11 Å². The quantitative estimate of drug-likeness (QED) is 0.779. The van der Waals surface area contributed by atoms with Gasteiger partial charge >= 0.3 is 0 Å². The van der Waals surface area contributed by atoms with Gasteiger partial charge in [0.1, 0.15) is 0 Å². The molecule has 0 aromatic heterocycles. The van der Waals surface area contributed by atoms with Gasteiger partial charge in [0.25, 0.3) is 0 Å². The van der Waals surface area contributed by atoms with Crippen LogP contribution in [0.4, 0.5) is 0 Å². The molecule has 0 heterocycles. The topological polar surface area (TPSA) is 9.23 Å². The molecule has 0 saturated carbocycles. The maximum atomic E-state index is 6.02. The first kappa shape index (κ1) is 10.0. The summed E-state index contributed by atoms with van der Waals surface area (Å²) in [6.07, 6.45) is 0. The maximum Gasteiger partial charge on any atom is 0.0728 e. The van der Waals surface area contributed by atoms with Crippen LogP contribution in [-0.2, 0) is 11.3 Å². The van der Waals surface area contributed by atoms with E-state index in [2.05, 4.69) is 15.9 Å². The Morgan fingerprint density at radius 3 is 2.75 bits per heavy atom. The molecule has 0 aliphatic carbocycles. The number of hydrogen-bond acceptors (Lipinski definition) is 1. The third-order valence-corrected chi connectivity index (χ3v) is 2.85. The Morgan fingerprint density at radius 1 is 1.50 bits per heavy atom. The van der Waals surface area contributed by atoms with Gasteiger partial charge in [0.15, 0.2) is 0 Å². The van der Waals surface area contributed by atoms with Gasteiger partial charge in [-0.1, -0.05) is 17.7 Å². The van der Waals surface area contributed by atoms with Crippen molar-refractivity contribution < 1.29 is 4.74 Å². The van der Waals surface area contributed by atoms with Crippen molar-refractivity contribution in [2.75, 3.05) is 7.11 Å². The van der Waals surface area contributed by atoms with Gasteiger partial charge in [-0.3, -0.25) is 0 Å². The average Bonchev–Trinajstić information content (AvgIpc) is 2.00. The smallest absolute Gasteiger partial charge is 0.0728 e. The molecule has 1 nitrogen and oxygen atoms in total. The fraction of sp³-hybridized carbons (Fsp3) is 0.333. The molecule has 0 N–H and O–H groups in total. The van der Waals surface area contributed by atoms with Crippen LogP contribution < -0.4 is 0 Å². The highest BCUT2D eigenvalue weighted by Crippen LogP contribution is 2.28. The van der Waals surface area contributed by atoms with Crippen LogP contribution in [0.2, 0.25) is 5.02 Å². The van der Waals surface area contributed by atoms with Gasteiger partial charge in [0, 0.05) is 11.6 Å². The van der Waals surface area contributed by atoms with Gasteiger partial charge in [-0.2, -0.15) is 0 Å². The third-order valence-electron chi connectivity index (χ3n) is 1.55. The average molecular weight is 250 g/mol. The standard InChI is InChI=1S/C9H10BrClO/c1-6-3-7(5-12-2)9(11)8(10)4-6/h3-4H,5H2,1-2H3. The van der Waals surface area contributed by atoms with Gasteiger partial charge in [-0.05, 0) is 40.0 Å². The van der Waals surface area contributed by atoms with Crippen molar-refractivity contribution in [2.24, 2.45) is 0 Å². The van der Waals surface area contributed by atoms with Crippen LogP contribution in [0.3, 0.4) is 0 Å². The first-order chi connectivity index (χ1) is 5.65. The summed E-state index contributed by atoms with van der Waals surface area (Å²) >= 11 is 9.40. The number of ether oxygens (including phenoxy) is 1. The molecule has 0 atom stereocenters. The molecule has 0 spiro atoms. The van der Waals surface area contributed by atoms with Crippen molar-refractivity contribution in [3.63, 3.8) is 0 Å². The summed E-state index contributed by atoms with van der Waals surface area (Å²) in [5.74, 6) is 0. The highest BCUT2D eigenvalue weighted by Gasteiger charge is 2.04. The molecule has 1 aromatic carbocycles. The Morgan fingerprint density at radius 2 is 2.17 bits per heavy atom. The number of aryl methyl sites for hydroxylation is 1. The highest BCUT2D eigenvalue weighted by atomic mass is 79.9. The minimum Gasteiger partial charge on any atom is -0.380 e. The third kappa shape index (κ3) is 2.22. The molecule has 0 aliphatic heterocycles. The Balaban J connectivity index is 3.09. The molecule has 1 rings (SSSR count). The van der Waals surface area contributed by atoms with E-state index in [-0.39, 0.29) is 0 Å². The lowest BCUT2D eigenvalue weighted by Gasteiger charge is -2.06. The highest BCUT2D eigenvalue weighted by molar-refractivity contribution is 9.10. The van der Waals surface area contributed by atoms with Gasteiger partial charge in [-0.25, -0.2) is 0 Å². The molecule has 12 heavy (non-hydrogen) atoms. The predicted molar refractivity (Wildman–Crippen MR) is 54.6 cm³/mol. The van der Waals surface area contributed by atoms with Gasteiger partial charge < -0.3 is 4.74 Å². The monoisotopic (exact) mass is 248 g/mol. The predicted octanol–water partition coefficient (Wildman–Crippen LogP) is 3.56. The normalized spacial score (nSPS) is 10.3. The molecule has 1 aromatic rings. The van der Waals surface area contributed by atoms with Crippen LogP contribution >= 0.6 is 27.5 Å². The number of benzene rings is 1. The molecule has 0 fully saturated rings. The summed E-state index contributed by atoms with van der Waals surface area (Å²) in [4.78, 5) is 0. The van der Waals surface area contributed by atoms with E-state index in [9.17, 15) is 0 Å². The summed E-state index contributed by atoms with van der Waals surface area (Å²) < 4.78 is 5.94. The van der Waals surface area contributed by atoms with Crippen molar-refractivity contribution in [3.8, 4) is 0 Å². The molecule has 0 radical (unpaired) electrons. The fourth-order valence-corrected chi connectivity index (χ4v) is 1.84. The second kappa shape index (κ2) is 4.26. The molecular formula is C9H10BrClO. The van der Waals surface area contributed by atoms with E-state index in [1.165, 1.54) is 5.56 Å². The van der Waals surface area contributed by atoms with E-state index in [0.29, 0.717) is 6.61 Å². The fourth-order valence-electron chi connectivity index (χ4n) is 1.06. The van der Waals surface area contributed by atoms with Crippen LogP contribution in [0, 0.1) is 6.92 Å². The zero-order chi connectivity index (χ0) is 9.14. The van der Waals surface area contributed by atoms with Crippen molar-refractivity contribution >= 4 is 27.5 Å². The number of hydrogen-bond donors (Lipinski definition) is 0. The summed E-state index contributed by atoms with van der Waals surface area (Å²) in [6, 6.07) is 4.01. The first-order valence-electron chi connectivity index (χ1n) is 3.58. The Labute approximate surface area is 85.8 Å². The molecule has 0 unspecified atom stereocenters. The lowest BCUT2D eigenvalue weighted by Crippen LogP contribution is -1.90. The largest absolute Gasteiger partial charge is 0.380 e. The molecule has 0 aliphatic rings. The van der Waals surface area contributed by atoms with Crippen molar-refractivity contribution in [2.45, 2.75) is 13.5 Å². The van der Waals surface area contributed by atoms with E-state index in [1.807, 2.05) is 19.1 Å². The summed E-state index contributed by atoms with van der Waals surface area (Å²) in [7, 11) is 1.66. The van der Waals surface area contributed by atoms with E-state index >= 15 is 0 Å². The van der Waals surface area contributed by atoms with Gasteiger partial charge in [0.2, 0.25) is 0 Å². The summed E-state index contributed by atoms with van der Waals surface area (Å²) in [5, 5.41) is 0.738.